The lowest BCUT2D eigenvalue weighted by Crippen LogP contribution is -2.24. The van der Waals surface area contributed by atoms with Crippen molar-refractivity contribution in [3.8, 4) is 11.5 Å². The summed E-state index contributed by atoms with van der Waals surface area (Å²) in [5, 5.41) is 0. The molecule has 0 saturated heterocycles. The van der Waals surface area contributed by atoms with Crippen LogP contribution in [0, 0.1) is 11.8 Å². The van der Waals surface area contributed by atoms with Crippen LogP contribution in [0.4, 0.5) is 0 Å². The van der Waals surface area contributed by atoms with E-state index >= 15 is 0 Å². The number of benzene rings is 2. The van der Waals surface area contributed by atoms with Crippen LogP contribution in [0.3, 0.4) is 0 Å². The first-order chi connectivity index (χ1) is 12.2. The van der Waals surface area contributed by atoms with Gasteiger partial charge in [0.15, 0.2) is 0 Å². The zero-order valence-corrected chi connectivity index (χ0v) is 13.7. The molecule has 1 fully saturated rings. The molecule has 0 aromatic heterocycles. The van der Waals surface area contributed by atoms with Crippen molar-refractivity contribution in [2.24, 2.45) is 11.8 Å². The van der Waals surface area contributed by atoms with Gasteiger partial charge in [-0.15, -0.1) is 0 Å². The van der Waals surface area contributed by atoms with E-state index in [2.05, 4.69) is 0 Å². The van der Waals surface area contributed by atoms with Crippen molar-refractivity contribution in [1.82, 2.24) is 0 Å². The Kier molecular flexibility index (Phi) is 4.10. The highest BCUT2D eigenvalue weighted by molar-refractivity contribution is 6.03. The van der Waals surface area contributed by atoms with Gasteiger partial charge in [0.05, 0.1) is 11.1 Å². The van der Waals surface area contributed by atoms with Crippen molar-refractivity contribution in [3.05, 3.63) is 71.8 Å². The predicted octanol–water partition coefficient (Wildman–Crippen LogP) is 3.92. The number of para-hydroxylation sites is 2. The van der Waals surface area contributed by atoms with Gasteiger partial charge in [-0.05, 0) is 55.4 Å². The van der Waals surface area contributed by atoms with E-state index < -0.39 is 11.9 Å². The molecule has 0 spiro atoms. The highest BCUT2D eigenvalue weighted by Gasteiger charge is 2.46. The van der Waals surface area contributed by atoms with Crippen LogP contribution < -0.4 is 9.47 Å². The number of ether oxygens (including phenoxy) is 2. The van der Waals surface area contributed by atoms with Crippen molar-refractivity contribution in [2.45, 2.75) is 19.3 Å². The molecule has 4 nitrogen and oxygen atoms in total. The molecule has 2 unspecified atom stereocenters. The molecule has 2 aromatic carbocycles. The zero-order chi connectivity index (χ0) is 17.2. The summed E-state index contributed by atoms with van der Waals surface area (Å²) in [6, 6.07) is 17.9. The molecule has 0 N–H and O–H groups in total. The second-order valence-electron chi connectivity index (χ2n) is 6.44. The Balaban J connectivity index is 1.60. The van der Waals surface area contributed by atoms with Crippen LogP contribution in [0.2, 0.25) is 0 Å². The van der Waals surface area contributed by atoms with E-state index in [1.165, 1.54) is 0 Å². The third kappa shape index (κ3) is 3.07. The second kappa shape index (κ2) is 6.55. The number of hydrogen-bond donors (Lipinski definition) is 0. The van der Waals surface area contributed by atoms with Crippen LogP contribution in [0.25, 0.3) is 0 Å². The molecular weight excluding hydrogens is 316 g/mol. The third-order valence-corrected chi connectivity index (χ3v) is 4.89. The first-order valence-electron chi connectivity index (χ1n) is 8.51. The first kappa shape index (κ1) is 15.6. The lowest BCUT2D eigenvalue weighted by molar-refractivity contribution is -0.133. The molecule has 4 rings (SSSR count). The summed E-state index contributed by atoms with van der Waals surface area (Å²) in [7, 11) is 0. The number of carbonyl (C=O) groups excluding carboxylic acids is 2. The van der Waals surface area contributed by atoms with Crippen molar-refractivity contribution in [1.29, 1.82) is 0 Å². The average molecular weight is 334 g/mol. The Morgan fingerprint density at radius 1 is 0.680 bits per heavy atom. The minimum Gasteiger partial charge on any atom is -0.423 e. The van der Waals surface area contributed by atoms with Crippen LogP contribution >= 0.6 is 0 Å². The van der Waals surface area contributed by atoms with Gasteiger partial charge >= 0.3 is 11.9 Å². The van der Waals surface area contributed by atoms with E-state index in [1.807, 2.05) is 36.4 Å². The molecule has 2 aliphatic rings. The maximum Gasteiger partial charge on any atom is 0.340 e. The molecule has 0 aliphatic heterocycles. The molecular formula is C21H18O4. The lowest BCUT2D eigenvalue weighted by atomic mass is 9.91. The summed E-state index contributed by atoms with van der Waals surface area (Å²) in [4.78, 5) is 25.4. The van der Waals surface area contributed by atoms with Gasteiger partial charge in [0, 0.05) is 0 Å². The molecule has 126 valence electrons. The van der Waals surface area contributed by atoms with Crippen LogP contribution in [-0.2, 0) is 9.59 Å². The summed E-state index contributed by atoms with van der Waals surface area (Å²) in [5.41, 5.74) is 1.00. The zero-order valence-electron chi connectivity index (χ0n) is 13.7. The fourth-order valence-corrected chi connectivity index (χ4v) is 3.80. The Bertz CT molecular complexity index is 754. The molecule has 0 radical (unpaired) electrons. The van der Waals surface area contributed by atoms with E-state index in [4.69, 9.17) is 9.47 Å². The molecule has 0 heterocycles. The van der Waals surface area contributed by atoms with Crippen LogP contribution in [0.1, 0.15) is 19.3 Å². The van der Waals surface area contributed by atoms with E-state index in [9.17, 15) is 9.59 Å². The topological polar surface area (TPSA) is 52.6 Å². The monoisotopic (exact) mass is 334 g/mol. The van der Waals surface area contributed by atoms with Gasteiger partial charge in [0.1, 0.15) is 11.5 Å². The largest absolute Gasteiger partial charge is 0.423 e. The summed E-state index contributed by atoms with van der Waals surface area (Å²) < 4.78 is 11.0. The minimum atomic E-state index is -0.432. The summed E-state index contributed by atoms with van der Waals surface area (Å²) in [6.45, 7) is 0. The number of rotatable bonds is 4. The van der Waals surface area contributed by atoms with Crippen molar-refractivity contribution >= 4 is 11.9 Å². The highest BCUT2D eigenvalue weighted by Crippen LogP contribution is 2.49. The van der Waals surface area contributed by atoms with Gasteiger partial charge in [-0.2, -0.15) is 0 Å². The van der Waals surface area contributed by atoms with Crippen molar-refractivity contribution in [3.63, 3.8) is 0 Å². The van der Waals surface area contributed by atoms with Crippen LogP contribution in [0.5, 0.6) is 11.5 Å². The fraction of sp³-hybridized carbons (Fsp3) is 0.238. The Morgan fingerprint density at radius 2 is 1.08 bits per heavy atom. The predicted molar refractivity (Wildman–Crippen MR) is 92.0 cm³/mol. The van der Waals surface area contributed by atoms with Crippen molar-refractivity contribution < 1.29 is 19.1 Å². The second-order valence-corrected chi connectivity index (χ2v) is 6.44. The molecule has 2 atom stereocenters. The quantitative estimate of drug-likeness (QED) is 0.628. The highest BCUT2D eigenvalue weighted by atomic mass is 16.5. The SMILES string of the molecule is O=C(Oc1ccccc1)C1=C(C(=O)Oc2ccccc2)C2CCC1C2. The van der Waals surface area contributed by atoms with E-state index in [0.717, 1.165) is 19.3 Å². The Hall–Kier alpha value is -2.88. The molecule has 1 saturated carbocycles. The van der Waals surface area contributed by atoms with Crippen LogP contribution in [0.15, 0.2) is 71.8 Å². The summed E-state index contributed by atoms with van der Waals surface area (Å²) in [5.74, 6) is 0.299. The van der Waals surface area contributed by atoms with Crippen LogP contribution in [-0.4, -0.2) is 11.9 Å². The van der Waals surface area contributed by atoms with Gasteiger partial charge in [0.25, 0.3) is 0 Å². The molecule has 2 aliphatic carbocycles. The fourth-order valence-electron chi connectivity index (χ4n) is 3.80. The normalized spacial score (nSPS) is 21.3. The maximum atomic E-state index is 12.7. The lowest BCUT2D eigenvalue weighted by Gasteiger charge is -2.18. The third-order valence-electron chi connectivity index (χ3n) is 4.89. The Labute approximate surface area is 146 Å². The molecule has 2 bridgehead atoms. The Morgan fingerprint density at radius 3 is 1.48 bits per heavy atom. The van der Waals surface area contributed by atoms with E-state index in [1.54, 1.807) is 24.3 Å². The first-order valence-corrected chi connectivity index (χ1v) is 8.51. The number of hydrogen-bond acceptors (Lipinski definition) is 4. The van der Waals surface area contributed by atoms with Gasteiger partial charge < -0.3 is 9.47 Å². The summed E-state index contributed by atoms with van der Waals surface area (Å²) in [6.07, 6.45) is 2.68. The number of esters is 2. The van der Waals surface area contributed by atoms with Crippen molar-refractivity contribution in [2.75, 3.05) is 0 Å². The summed E-state index contributed by atoms with van der Waals surface area (Å²) >= 11 is 0. The molecule has 25 heavy (non-hydrogen) atoms. The molecule has 4 heteroatoms. The standard InChI is InChI=1S/C21H18O4/c22-20(24-16-7-3-1-4-8-16)18-14-11-12-15(13-14)19(18)21(23)25-17-9-5-2-6-10-17/h1-10,14-15H,11-13H2. The van der Waals surface area contributed by atoms with E-state index in [-0.39, 0.29) is 11.8 Å². The van der Waals surface area contributed by atoms with E-state index in [0.29, 0.717) is 22.6 Å². The minimum absolute atomic E-state index is 0.0968. The average Bonchev–Trinajstić information content (AvgIpc) is 3.24. The van der Waals surface area contributed by atoms with Gasteiger partial charge in [0.2, 0.25) is 0 Å². The van der Waals surface area contributed by atoms with Gasteiger partial charge in [-0.3, -0.25) is 0 Å². The number of carbonyl (C=O) groups is 2. The van der Waals surface area contributed by atoms with Gasteiger partial charge in [-0.1, -0.05) is 36.4 Å². The molecule has 2 aromatic rings. The van der Waals surface area contributed by atoms with Gasteiger partial charge in [-0.25, -0.2) is 9.59 Å². The smallest absolute Gasteiger partial charge is 0.340 e. The maximum absolute atomic E-state index is 12.7. The molecule has 0 amide bonds. The number of fused-ring (bicyclic) bond motifs is 2.